The smallest absolute Gasteiger partial charge is 0.117 e. The molecule has 11 nitrogen and oxygen atoms in total. The molecule has 0 amide bonds. The van der Waals surface area contributed by atoms with E-state index in [2.05, 4.69) is 55.1 Å². The van der Waals surface area contributed by atoms with E-state index in [1.807, 2.05) is 6.08 Å². The van der Waals surface area contributed by atoms with E-state index in [1.165, 1.54) is 16.6 Å². The number of rotatable bonds is 20. The third kappa shape index (κ3) is 23.7. The van der Waals surface area contributed by atoms with Crippen LogP contribution in [0.15, 0.2) is 83.6 Å². The number of halogens is 2. The molecule has 0 saturated heterocycles. The van der Waals surface area contributed by atoms with Crippen LogP contribution < -0.4 is 16.3 Å². The first-order valence-electron chi connectivity index (χ1n) is 13.1. The van der Waals surface area contributed by atoms with Gasteiger partial charge in [0.2, 0.25) is 0 Å². The number of hydrogen-bond acceptors (Lipinski definition) is 10. The van der Waals surface area contributed by atoms with Gasteiger partial charge in [-0.3, -0.25) is 0 Å². The minimum Gasteiger partial charge on any atom is -0.399 e. The van der Waals surface area contributed by atoms with Gasteiger partial charge < -0.3 is 40.1 Å². The maximum atomic E-state index is 12.0. The van der Waals surface area contributed by atoms with Crippen LogP contribution in [0.4, 0.5) is 0 Å². The highest BCUT2D eigenvalue weighted by Crippen LogP contribution is 2.17. The Morgan fingerprint density at radius 1 is 1.12 bits per heavy atom. The van der Waals surface area contributed by atoms with E-state index in [0.29, 0.717) is 57.8 Å². The van der Waals surface area contributed by atoms with Crippen LogP contribution in [-0.4, -0.2) is 110 Å². The van der Waals surface area contributed by atoms with Crippen molar-refractivity contribution in [3.05, 3.63) is 83.6 Å². The highest BCUT2D eigenvalue weighted by atomic mass is 35.5. The highest BCUT2D eigenvalue weighted by molar-refractivity contribution is 7.86. The van der Waals surface area contributed by atoms with Crippen LogP contribution in [0.2, 0.25) is 0 Å². The Bertz CT molecular complexity index is 889. The topological polar surface area (TPSA) is 156 Å². The normalized spacial score (nSPS) is 16.3. The van der Waals surface area contributed by atoms with Crippen LogP contribution in [0, 0.1) is 5.92 Å². The molecule has 0 radical (unpaired) electrons. The molecule has 0 aromatic rings. The van der Waals surface area contributed by atoms with Crippen LogP contribution in [0.3, 0.4) is 0 Å². The van der Waals surface area contributed by atoms with E-state index >= 15 is 0 Å². The molecule has 0 aliphatic carbocycles. The minimum absolute atomic E-state index is 0.123. The number of ether oxygens (including phenoxy) is 3. The number of aliphatic hydroxyl groups excluding tert-OH is 2. The molecule has 0 aromatic heterocycles. The van der Waals surface area contributed by atoms with Crippen molar-refractivity contribution in [2.75, 3.05) is 86.1 Å². The zero-order valence-electron chi connectivity index (χ0n) is 24.6. The van der Waals surface area contributed by atoms with Gasteiger partial charge in [-0.2, -0.15) is 0 Å². The van der Waals surface area contributed by atoms with Gasteiger partial charge in [-0.1, -0.05) is 48.5 Å². The summed E-state index contributed by atoms with van der Waals surface area (Å²) in [6.07, 6.45) is 7.58. The molecular formula is C28H49Cl2N5O6S. The van der Waals surface area contributed by atoms with Gasteiger partial charge in [0, 0.05) is 41.5 Å². The zero-order chi connectivity index (χ0) is 32.2. The summed E-state index contributed by atoms with van der Waals surface area (Å²) in [6, 6.07) is 0. The van der Waals surface area contributed by atoms with Gasteiger partial charge >= 0.3 is 0 Å². The van der Waals surface area contributed by atoms with Crippen molar-refractivity contribution in [3.8, 4) is 0 Å². The summed E-state index contributed by atoms with van der Waals surface area (Å²) in [4.78, 5) is 2.21. The van der Waals surface area contributed by atoms with Crippen LogP contribution in [-0.2, 0) is 25.2 Å². The number of hydrazine groups is 1. The number of nitrogens with two attached hydrogens (primary N) is 2. The Labute approximate surface area is 264 Å². The Morgan fingerprint density at radius 2 is 1.71 bits per heavy atom. The summed E-state index contributed by atoms with van der Waals surface area (Å²) in [5.41, 5.74) is 8.22. The van der Waals surface area contributed by atoms with Crippen molar-refractivity contribution in [3.63, 3.8) is 0 Å². The molecule has 7 N–H and O–H groups in total. The van der Waals surface area contributed by atoms with E-state index in [4.69, 9.17) is 54.1 Å². The van der Waals surface area contributed by atoms with Crippen molar-refractivity contribution >= 4 is 34.2 Å². The quantitative estimate of drug-likeness (QED) is 0.0434. The fraction of sp³-hybridized carbons (Fsp3) is 0.500. The maximum Gasteiger partial charge on any atom is 0.117 e. The van der Waals surface area contributed by atoms with Crippen LogP contribution >= 0.6 is 23.2 Å². The van der Waals surface area contributed by atoms with E-state index in [0.717, 1.165) is 18.7 Å². The summed E-state index contributed by atoms with van der Waals surface area (Å²) in [5.74, 6) is 6.02. The Kier molecular flexibility index (Phi) is 29.5. The van der Waals surface area contributed by atoms with Gasteiger partial charge in [-0.25, -0.2) is 14.8 Å². The molecule has 1 aliphatic rings. The Hall–Kier alpha value is -1.81. The van der Waals surface area contributed by atoms with E-state index < -0.39 is 11.0 Å². The number of likely N-dealkylation sites (N-methyl/N-ethyl adjacent to an activating group) is 1. The summed E-state index contributed by atoms with van der Waals surface area (Å²) < 4.78 is 31.2. The molecule has 0 fully saturated rings. The average Bonchev–Trinajstić information content (AvgIpc) is 2.97. The SMILES string of the molecule is C=C.C=C(/C=C/S(=O)NCCOCCOCCOCCN(N)/C(CO)=C(\N)CO)C1C=CCN(C)C1.C=C(Cl)/C=C/Cl. The van der Waals surface area contributed by atoms with Gasteiger partial charge in [0.15, 0.2) is 0 Å². The van der Waals surface area contributed by atoms with Crippen molar-refractivity contribution in [1.82, 2.24) is 14.6 Å². The molecule has 242 valence electrons. The summed E-state index contributed by atoms with van der Waals surface area (Å²) in [6.45, 7) is 17.7. The van der Waals surface area contributed by atoms with Crippen molar-refractivity contribution in [2.24, 2.45) is 17.5 Å². The van der Waals surface area contributed by atoms with E-state index in [1.54, 1.807) is 5.41 Å². The van der Waals surface area contributed by atoms with E-state index in [9.17, 15) is 9.32 Å². The molecule has 0 aromatic carbocycles. The minimum atomic E-state index is -1.28. The van der Waals surface area contributed by atoms with Crippen LogP contribution in [0.25, 0.3) is 0 Å². The summed E-state index contributed by atoms with van der Waals surface area (Å²) in [7, 11) is 0.781. The molecule has 1 aliphatic heterocycles. The lowest BCUT2D eigenvalue weighted by Gasteiger charge is -2.25. The number of hydrogen-bond donors (Lipinski definition) is 5. The Balaban J connectivity index is 0. The molecule has 0 spiro atoms. The lowest BCUT2D eigenvalue weighted by Crippen LogP contribution is -2.37. The maximum absolute atomic E-state index is 12.0. The van der Waals surface area contributed by atoms with Gasteiger partial charge in [-0.05, 0) is 24.8 Å². The molecule has 14 heteroatoms. The predicted molar refractivity (Wildman–Crippen MR) is 175 cm³/mol. The van der Waals surface area contributed by atoms with Gasteiger partial charge in [-0.15, -0.1) is 13.2 Å². The number of aliphatic hydroxyl groups is 2. The molecular weight excluding hydrogens is 605 g/mol. The molecule has 2 unspecified atom stereocenters. The largest absolute Gasteiger partial charge is 0.399 e. The molecule has 42 heavy (non-hydrogen) atoms. The highest BCUT2D eigenvalue weighted by Gasteiger charge is 2.13. The number of nitrogens with one attached hydrogen (secondary N) is 1. The standard InChI is InChI=1S/C22H41N5O6S.C4H4Cl2.C2H4/c1-19(20-4-3-7-26(2)16-20)5-15-34(30)25-6-9-31-11-13-33-14-12-32-10-8-27(24)22(18-29)21(23)17-28;1-4(6)2-3-5;1-2/h3-5,15,20,25,28-29H,1,6-14,16-18,23-24H2,2H3;2-3H,1H2;1-2H2/b15-5+,22-21-;3-2+;. The van der Waals surface area contributed by atoms with Crippen molar-refractivity contribution in [1.29, 1.82) is 0 Å². The monoisotopic (exact) mass is 653 g/mol. The third-order valence-electron chi connectivity index (χ3n) is 5.17. The van der Waals surface area contributed by atoms with Gasteiger partial charge in [0.05, 0.1) is 70.8 Å². The number of nitrogens with zero attached hydrogens (tertiary/aromatic N) is 2. The fourth-order valence-corrected chi connectivity index (χ4v) is 3.99. The summed E-state index contributed by atoms with van der Waals surface area (Å²) in [5, 5.41) is 21.5. The number of allylic oxidation sites excluding steroid dienone is 3. The lowest BCUT2D eigenvalue weighted by molar-refractivity contribution is 0.0124. The first-order valence-corrected chi connectivity index (χ1v) is 15.1. The van der Waals surface area contributed by atoms with Gasteiger partial charge in [0.25, 0.3) is 0 Å². The molecule has 0 bridgehead atoms. The second kappa shape index (κ2) is 29.3. The summed E-state index contributed by atoms with van der Waals surface area (Å²) >= 11 is 10.3. The predicted octanol–water partition coefficient (Wildman–Crippen LogP) is 2.10. The van der Waals surface area contributed by atoms with Crippen LogP contribution in [0.1, 0.15) is 0 Å². The van der Waals surface area contributed by atoms with Gasteiger partial charge in [0.1, 0.15) is 11.0 Å². The lowest BCUT2D eigenvalue weighted by atomic mass is 9.97. The molecule has 2 atom stereocenters. The zero-order valence-corrected chi connectivity index (χ0v) is 26.9. The average molecular weight is 655 g/mol. The molecule has 0 saturated carbocycles. The van der Waals surface area contributed by atoms with Crippen molar-refractivity contribution in [2.45, 2.75) is 0 Å². The molecule has 1 rings (SSSR count). The Morgan fingerprint density at radius 3 is 2.21 bits per heavy atom. The molecule has 1 heterocycles. The first-order chi connectivity index (χ1) is 20.2. The second-order valence-electron chi connectivity index (χ2n) is 8.38. The first kappa shape index (κ1) is 42.3. The third-order valence-corrected chi connectivity index (χ3v) is 6.29. The van der Waals surface area contributed by atoms with E-state index in [-0.39, 0.29) is 30.5 Å². The van der Waals surface area contributed by atoms with Crippen LogP contribution in [0.5, 0.6) is 0 Å². The van der Waals surface area contributed by atoms with Crippen molar-refractivity contribution < 1.29 is 28.6 Å². The second-order valence-corrected chi connectivity index (χ2v) is 10.3. The fourth-order valence-electron chi connectivity index (χ4n) is 3.03.